The molecule has 10 heteroatoms. The first-order valence-corrected chi connectivity index (χ1v) is 10.8. The SMILES string of the molecule is CC(=O)Nc1ccc(C(=O)N/N=C\c2ccc(/C=N\NC(=O)c3ccc(NC(C)=O)cc3)cc2)cc1. The average molecular weight is 485 g/mol. The maximum absolute atomic E-state index is 12.2. The van der Waals surface area contributed by atoms with Crippen molar-refractivity contribution in [2.24, 2.45) is 10.2 Å². The van der Waals surface area contributed by atoms with Crippen LogP contribution in [0.25, 0.3) is 0 Å². The number of hydrogen-bond donors (Lipinski definition) is 4. The molecular weight excluding hydrogens is 460 g/mol. The van der Waals surface area contributed by atoms with Gasteiger partial charge in [0, 0.05) is 36.3 Å². The molecular formula is C26H24N6O4. The number of benzene rings is 3. The number of carbonyl (C=O) groups excluding carboxylic acids is 4. The van der Waals surface area contributed by atoms with Crippen molar-refractivity contribution in [1.29, 1.82) is 0 Å². The molecule has 0 aliphatic heterocycles. The molecule has 4 N–H and O–H groups in total. The zero-order chi connectivity index (χ0) is 25.9. The molecule has 0 saturated carbocycles. The first kappa shape index (κ1) is 25.5. The van der Waals surface area contributed by atoms with E-state index < -0.39 is 0 Å². The molecule has 0 radical (unpaired) electrons. The summed E-state index contributed by atoms with van der Waals surface area (Å²) >= 11 is 0. The number of hydrazone groups is 2. The van der Waals surface area contributed by atoms with E-state index >= 15 is 0 Å². The second-order valence-electron chi connectivity index (χ2n) is 7.58. The molecule has 36 heavy (non-hydrogen) atoms. The molecule has 0 atom stereocenters. The lowest BCUT2D eigenvalue weighted by Crippen LogP contribution is -2.17. The van der Waals surface area contributed by atoms with Crippen LogP contribution in [-0.2, 0) is 9.59 Å². The zero-order valence-corrected chi connectivity index (χ0v) is 19.6. The van der Waals surface area contributed by atoms with Crippen LogP contribution in [0.15, 0.2) is 83.0 Å². The first-order valence-electron chi connectivity index (χ1n) is 10.8. The minimum absolute atomic E-state index is 0.190. The summed E-state index contributed by atoms with van der Waals surface area (Å²) in [7, 11) is 0. The van der Waals surface area contributed by atoms with Gasteiger partial charge in [-0.1, -0.05) is 24.3 Å². The Hall–Kier alpha value is -5.12. The molecule has 3 rings (SSSR count). The van der Waals surface area contributed by atoms with Crippen molar-refractivity contribution in [3.8, 4) is 0 Å². The normalized spacial score (nSPS) is 10.7. The van der Waals surface area contributed by atoms with Gasteiger partial charge in [-0.15, -0.1) is 0 Å². The van der Waals surface area contributed by atoms with Gasteiger partial charge >= 0.3 is 0 Å². The van der Waals surface area contributed by atoms with E-state index in [1.165, 1.54) is 26.3 Å². The van der Waals surface area contributed by atoms with Gasteiger partial charge in [-0.05, 0) is 59.7 Å². The molecule has 0 saturated heterocycles. The second-order valence-corrected chi connectivity index (χ2v) is 7.58. The number of amides is 4. The molecule has 3 aromatic rings. The third-order valence-electron chi connectivity index (χ3n) is 4.63. The van der Waals surface area contributed by atoms with Crippen LogP contribution in [0.4, 0.5) is 11.4 Å². The summed E-state index contributed by atoms with van der Waals surface area (Å²) in [6.45, 7) is 2.82. The van der Waals surface area contributed by atoms with Crippen LogP contribution in [0.1, 0.15) is 45.7 Å². The highest BCUT2D eigenvalue weighted by atomic mass is 16.2. The minimum atomic E-state index is -0.384. The Morgan fingerprint density at radius 1 is 0.556 bits per heavy atom. The van der Waals surface area contributed by atoms with Gasteiger partial charge in [0.2, 0.25) is 11.8 Å². The number of anilines is 2. The molecule has 0 aliphatic rings. The molecule has 0 aliphatic carbocycles. The molecule has 4 amide bonds. The van der Waals surface area contributed by atoms with E-state index in [1.807, 2.05) is 0 Å². The molecule has 0 fully saturated rings. The lowest BCUT2D eigenvalue weighted by molar-refractivity contribution is -0.115. The Morgan fingerprint density at radius 2 is 0.889 bits per heavy atom. The summed E-state index contributed by atoms with van der Waals surface area (Å²) in [5.74, 6) is -1.15. The molecule has 3 aromatic carbocycles. The standard InChI is InChI=1S/C26H24N6O4/c1-17(33)29-23-11-7-21(8-12-23)25(35)31-27-15-19-3-5-20(6-4-19)16-28-32-26(36)22-9-13-24(14-10-22)30-18(2)34/h3-16H,1-2H3,(H,29,33)(H,30,34)(H,31,35)(H,32,36)/b27-15-,28-16-. The summed E-state index contributed by atoms with van der Waals surface area (Å²) < 4.78 is 0. The smallest absolute Gasteiger partial charge is 0.271 e. The van der Waals surface area contributed by atoms with Gasteiger partial charge in [-0.3, -0.25) is 19.2 Å². The fourth-order valence-corrected chi connectivity index (χ4v) is 2.94. The van der Waals surface area contributed by atoms with E-state index in [-0.39, 0.29) is 23.6 Å². The lowest BCUT2D eigenvalue weighted by Gasteiger charge is -2.04. The number of hydrogen-bond acceptors (Lipinski definition) is 6. The van der Waals surface area contributed by atoms with Gasteiger partial charge in [-0.2, -0.15) is 10.2 Å². The third-order valence-corrected chi connectivity index (χ3v) is 4.63. The van der Waals surface area contributed by atoms with Crippen molar-refractivity contribution >= 4 is 47.4 Å². The predicted octanol–water partition coefficient (Wildman–Crippen LogP) is 3.13. The summed E-state index contributed by atoms with van der Waals surface area (Å²) in [4.78, 5) is 46.5. The number of nitrogens with zero attached hydrogens (tertiary/aromatic N) is 2. The highest BCUT2D eigenvalue weighted by molar-refractivity contribution is 5.97. The summed E-state index contributed by atoms with van der Waals surface area (Å²) in [5, 5.41) is 13.2. The van der Waals surface area contributed by atoms with Crippen molar-refractivity contribution in [3.05, 3.63) is 95.1 Å². The highest BCUT2D eigenvalue weighted by Crippen LogP contribution is 2.10. The van der Waals surface area contributed by atoms with Crippen molar-refractivity contribution in [3.63, 3.8) is 0 Å². The summed E-state index contributed by atoms with van der Waals surface area (Å²) in [6, 6.07) is 20.0. The summed E-state index contributed by atoms with van der Waals surface area (Å²) in [6.07, 6.45) is 2.99. The molecule has 0 heterocycles. The van der Waals surface area contributed by atoms with Crippen LogP contribution in [0.3, 0.4) is 0 Å². The van der Waals surface area contributed by atoms with Gasteiger partial charge in [-0.25, -0.2) is 10.9 Å². The topological polar surface area (TPSA) is 141 Å². The van der Waals surface area contributed by atoms with Crippen LogP contribution in [0.2, 0.25) is 0 Å². The molecule has 0 unspecified atom stereocenters. The summed E-state index contributed by atoms with van der Waals surface area (Å²) in [5.41, 5.74) is 8.39. The van der Waals surface area contributed by atoms with E-state index in [2.05, 4.69) is 31.7 Å². The Balaban J connectivity index is 1.47. The number of rotatable bonds is 8. The Morgan fingerprint density at radius 3 is 1.19 bits per heavy atom. The fraction of sp³-hybridized carbons (Fsp3) is 0.0769. The van der Waals surface area contributed by atoms with E-state index in [0.29, 0.717) is 22.5 Å². The van der Waals surface area contributed by atoms with E-state index in [1.54, 1.807) is 72.8 Å². The maximum Gasteiger partial charge on any atom is 0.271 e. The fourth-order valence-electron chi connectivity index (χ4n) is 2.94. The average Bonchev–Trinajstić information content (AvgIpc) is 2.85. The number of nitrogens with one attached hydrogen (secondary N) is 4. The highest BCUT2D eigenvalue weighted by Gasteiger charge is 2.05. The van der Waals surface area contributed by atoms with Gasteiger partial charge in [0.1, 0.15) is 0 Å². The van der Waals surface area contributed by atoms with Crippen molar-refractivity contribution in [2.45, 2.75) is 13.8 Å². The molecule has 0 aromatic heterocycles. The Labute approximate surface area is 207 Å². The maximum atomic E-state index is 12.2. The minimum Gasteiger partial charge on any atom is -0.326 e. The zero-order valence-electron chi connectivity index (χ0n) is 19.6. The van der Waals surface area contributed by atoms with Gasteiger partial charge in [0.05, 0.1) is 12.4 Å². The third kappa shape index (κ3) is 8.03. The molecule has 0 spiro atoms. The van der Waals surface area contributed by atoms with Crippen LogP contribution in [-0.4, -0.2) is 36.1 Å². The van der Waals surface area contributed by atoms with Gasteiger partial charge < -0.3 is 10.6 Å². The number of carbonyl (C=O) groups is 4. The van der Waals surface area contributed by atoms with Gasteiger partial charge in [0.25, 0.3) is 11.8 Å². The van der Waals surface area contributed by atoms with E-state index in [4.69, 9.17) is 0 Å². The quantitative estimate of drug-likeness (QED) is 0.288. The lowest BCUT2D eigenvalue weighted by atomic mass is 10.2. The largest absolute Gasteiger partial charge is 0.326 e. The van der Waals surface area contributed by atoms with Crippen LogP contribution < -0.4 is 21.5 Å². The van der Waals surface area contributed by atoms with Crippen molar-refractivity contribution in [1.82, 2.24) is 10.9 Å². The van der Waals surface area contributed by atoms with Crippen molar-refractivity contribution < 1.29 is 19.2 Å². The molecule has 182 valence electrons. The van der Waals surface area contributed by atoms with Crippen molar-refractivity contribution in [2.75, 3.05) is 10.6 Å². The Kier molecular flexibility index (Phi) is 8.76. The van der Waals surface area contributed by atoms with Gasteiger partial charge in [0.15, 0.2) is 0 Å². The van der Waals surface area contributed by atoms with E-state index in [9.17, 15) is 19.2 Å². The monoisotopic (exact) mass is 484 g/mol. The second kappa shape index (κ2) is 12.4. The Bertz CT molecular complexity index is 1200. The predicted molar refractivity (Wildman–Crippen MR) is 138 cm³/mol. The van der Waals surface area contributed by atoms with Crippen LogP contribution >= 0.6 is 0 Å². The van der Waals surface area contributed by atoms with Crippen LogP contribution in [0.5, 0.6) is 0 Å². The van der Waals surface area contributed by atoms with E-state index in [0.717, 1.165) is 11.1 Å². The molecule has 0 bridgehead atoms. The first-order chi connectivity index (χ1) is 17.3. The molecule has 10 nitrogen and oxygen atoms in total. The van der Waals surface area contributed by atoms with Crippen LogP contribution in [0, 0.1) is 0 Å².